The standard InChI is InChI=1S/C20H21NO2/c1-5-23-19-12-17-18(11-13(19)2)21(14(3)20(17)15(4)22)16-9-7-6-8-10-16/h6-12H,5H2,1-4H3. The smallest absolute Gasteiger partial charge is 0.162 e. The lowest BCUT2D eigenvalue weighted by Crippen LogP contribution is -1.99. The molecule has 0 fully saturated rings. The van der Waals surface area contributed by atoms with Crippen LogP contribution in [0.3, 0.4) is 0 Å². The van der Waals surface area contributed by atoms with Gasteiger partial charge in [-0.1, -0.05) is 18.2 Å². The summed E-state index contributed by atoms with van der Waals surface area (Å²) in [6.07, 6.45) is 0. The number of carbonyl (C=O) groups is 1. The van der Waals surface area contributed by atoms with Gasteiger partial charge in [-0.3, -0.25) is 4.79 Å². The van der Waals surface area contributed by atoms with Crippen LogP contribution in [0.5, 0.6) is 5.75 Å². The quantitative estimate of drug-likeness (QED) is 0.645. The van der Waals surface area contributed by atoms with Gasteiger partial charge in [0.25, 0.3) is 0 Å². The zero-order valence-electron chi connectivity index (χ0n) is 14.0. The van der Waals surface area contributed by atoms with Crippen molar-refractivity contribution in [3.05, 3.63) is 59.3 Å². The first-order valence-electron chi connectivity index (χ1n) is 7.89. The summed E-state index contributed by atoms with van der Waals surface area (Å²) in [6, 6.07) is 14.2. The molecule has 2 aromatic carbocycles. The molecule has 0 saturated heterocycles. The van der Waals surface area contributed by atoms with E-state index < -0.39 is 0 Å². The van der Waals surface area contributed by atoms with E-state index >= 15 is 0 Å². The van der Waals surface area contributed by atoms with Gasteiger partial charge in [0, 0.05) is 22.3 Å². The molecular formula is C20H21NO2. The minimum atomic E-state index is 0.0773. The lowest BCUT2D eigenvalue weighted by molar-refractivity contribution is 0.101. The Bertz CT molecular complexity index is 876. The molecule has 23 heavy (non-hydrogen) atoms. The van der Waals surface area contributed by atoms with E-state index in [1.807, 2.05) is 45.0 Å². The number of para-hydroxylation sites is 1. The number of ketones is 1. The molecule has 3 heteroatoms. The van der Waals surface area contributed by atoms with Crippen molar-refractivity contribution in [3.63, 3.8) is 0 Å². The number of hydrogen-bond acceptors (Lipinski definition) is 2. The van der Waals surface area contributed by atoms with Crippen LogP contribution >= 0.6 is 0 Å². The molecule has 0 bridgehead atoms. The van der Waals surface area contributed by atoms with Crippen molar-refractivity contribution >= 4 is 16.7 Å². The number of fused-ring (bicyclic) bond motifs is 1. The Hall–Kier alpha value is -2.55. The van der Waals surface area contributed by atoms with Crippen LogP contribution in [0.25, 0.3) is 16.6 Å². The fraction of sp³-hybridized carbons (Fsp3) is 0.250. The molecule has 0 atom stereocenters. The maximum atomic E-state index is 12.2. The number of rotatable bonds is 4. The molecule has 0 radical (unpaired) electrons. The Labute approximate surface area is 136 Å². The van der Waals surface area contributed by atoms with Crippen molar-refractivity contribution < 1.29 is 9.53 Å². The topological polar surface area (TPSA) is 31.2 Å². The highest BCUT2D eigenvalue weighted by Crippen LogP contribution is 2.34. The molecule has 118 valence electrons. The highest BCUT2D eigenvalue weighted by molar-refractivity contribution is 6.09. The number of aryl methyl sites for hydroxylation is 1. The molecule has 0 unspecified atom stereocenters. The largest absolute Gasteiger partial charge is 0.494 e. The molecule has 3 aromatic rings. The van der Waals surface area contributed by atoms with Gasteiger partial charge in [0.05, 0.1) is 12.1 Å². The van der Waals surface area contributed by atoms with E-state index in [-0.39, 0.29) is 5.78 Å². The van der Waals surface area contributed by atoms with E-state index in [0.717, 1.165) is 39.2 Å². The molecule has 0 amide bonds. The molecule has 0 aliphatic carbocycles. The predicted molar refractivity (Wildman–Crippen MR) is 93.9 cm³/mol. The fourth-order valence-electron chi connectivity index (χ4n) is 3.21. The van der Waals surface area contributed by atoms with Gasteiger partial charge in [-0.2, -0.15) is 0 Å². The highest BCUT2D eigenvalue weighted by atomic mass is 16.5. The summed E-state index contributed by atoms with van der Waals surface area (Å²) in [4.78, 5) is 12.2. The van der Waals surface area contributed by atoms with Crippen LogP contribution in [0.2, 0.25) is 0 Å². The van der Waals surface area contributed by atoms with Crippen molar-refractivity contribution in [2.24, 2.45) is 0 Å². The minimum absolute atomic E-state index is 0.0773. The summed E-state index contributed by atoms with van der Waals surface area (Å²) >= 11 is 0. The molecule has 0 saturated carbocycles. The first kappa shape index (κ1) is 15.3. The third-order valence-corrected chi connectivity index (χ3v) is 4.17. The van der Waals surface area contributed by atoms with E-state index in [4.69, 9.17) is 4.74 Å². The average molecular weight is 307 g/mol. The van der Waals surface area contributed by atoms with Crippen LogP contribution < -0.4 is 4.74 Å². The Morgan fingerprint density at radius 1 is 1.13 bits per heavy atom. The lowest BCUT2D eigenvalue weighted by atomic mass is 10.1. The molecule has 0 spiro atoms. The van der Waals surface area contributed by atoms with Crippen LogP contribution in [0.15, 0.2) is 42.5 Å². The van der Waals surface area contributed by atoms with E-state index in [9.17, 15) is 4.79 Å². The molecule has 1 aromatic heterocycles. The molecule has 3 nitrogen and oxygen atoms in total. The summed E-state index contributed by atoms with van der Waals surface area (Å²) in [5, 5.41) is 0.952. The van der Waals surface area contributed by atoms with Gasteiger partial charge >= 0.3 is 0 Å². The number of nitrogens with zero attached hydrogens (tertiary/aromatic N) is 1. The van der Waals surface area contributed by atoms with E-state index in [2.05, 4.69) is 22.8 Å². The Morgan fingerprint density at radius 3 is 2.43 bits per heavy atom. The number of hydrogen-bond donors (Lipinski definition) is 0. The number of Topliss-reactive ketones (excluding diaryl/α,β-unsaturated/α-hetero) is 1. The van der Waals surface area contributed by atoms with Gasteiger partial charge in [-0.15, -0.1) is 0 Å². The van der Waals surface area contributed by atoms with Crippen LogP contribution in [0.4, 0.5) is 0 Å². The van der Waals surface area contributed by atoms with Crippen LogP contribution in [-0.4, -0.2) is 17.0 Å². The highest BCUT2D eigenvalue weighted by Gasteiger charge is 2.19. The summed E-state index contributed by atoms with van der Waals surface area (Å²) < 4.78 is 7.86. The van der Waals surface area contributed by atoms with E-state index in [1.54, 1.807) is 6.92 Å². The van der Waals surface area contributed by atoms with Crippen molar-refractivity contribution in [2.75, 3.05) is 6.61 Å². The van der Waals surface area contributed by atoms with Gasteiger partial charge in [-0.05, 0) is 57.5 Å². The zero-order valence-corrected chi connectivity index (χ0v) is 14.0. The van der Waals surface area contributed by atoms with Crippen molar-refractivity contribution in [1.82, 2.24) is 4.57 Å². The molecule has 0 N–H and O–H groups in total. The van der Waals surface area contributed by atoms with Gasteiger partial charge in [0.15, 0.2) is 5.78 Å². The normalized spacial score (nSPS) is 11.0. The minimum Gasteiger partial charge on any atom is -0.494 e. The number of ether oxygens (including phenoxy) is 1. The second-order valence-electron chi connectivity index (χ2n) is 5.76. The second kappa shape index (κ2) is 5.92. The molecule has 1 heterocycles. The van der Waals surface area contributed by atoms with Gasteiger partial charge in [-0.25, -0.2) is 0 Å². The second-order valence-corrected chi connectivity index (χ2v) is 5.76. The third kappa shape index (κ3) is 2.52. The fourth-order valence-corrected chi connectivity index (χ4v) is 3.21. The van der Waals surface area contributed by atoms with Crippen LogP contribution in [0, 0.1) is 13.8 Å². The maximum absolute atomic E-state index is 12.2. The Balaban J connectivity index is 2.39. The Kier molecular flexibility index (Phi) is 3.95. The van der Waals surface area contributed by atoms with Crippen molar-refractivity contribution in [1.29, 1.82) is 0 Å². The summed E-state index contributed by atoms with van der Waals surface area (Å²) in [5.74, 6) is 0.918. The van der Waals surface area contributed by atoms with Gasteiger partial charge in [0.2, 0.25) is 0 Å². The SMILES string of the molecule is CCOc1cc2c(C(C)=O)c(C)n(-c3ccccc3)c2cc1C. The van der Waals surface area contributed by atoms with Gasteiger partial charge < -0.3 is 9.30 Å². The first-order valence-corrected chi connectivity index (χ1v) is 7.89. The summed E-state index contributed by atoms with van der Waals surface area (Å²) in [5.41, 5.74) is 4.91. The maximum Gasteiger partial charge on any atom is 0.162 e. The van der Waals surface area contributed by atoms with E-state index in [1.165, 1.54) is 0 Å². The molecular weight excluding hydrogens is 286 g/mol. The van der Waals surface area contributed by atoms with Crippen LogP contribution in [0.1, 0.15) is 35.5 Å². The molecule has 0 aliphatic rings. The average Bonchev–Trinajstić information content (AvgIpc) is 2.80. The van der Waals surface area contributed by atoms with Crippen molar-refractivity contribution in [2.45, 2.75) is 27.7 Å². The summed E-state index contributed by atoms with van der Waals surface area (Å²) in [6.45, 7) is 8.24. The predicted octanol–water partition coefficient (Wildman–Crippen LogP) is 4.85. The van der Waals surface area contributed by atoms with Crippen LogP contribution in [-0.2, 0) is 0 Å². The van der Waals surface area contributed by atoms with Crippen molar-refractivity contribution in [3.8, 4) is 11.4 Å². The first-order chi connectivity index (χ1) is 11.0. The summed E-state index contributed by atoms with van der Waals surface area (Å²) in [7, 11) is 0. The van der Waals surface area contributed by atoms with E-state index in [0.29, 0.717) is 6.61 Å². The number of benzene rings is 2. The van der Waals surface area contributed by atoms with Gasteiger partial charge in [0.1, 0.15) is 5.75 Å². The monoisotopic (exact) mass is 307 g/mol. The number of carbonyl (C=O) groups excluding carboxylic acids is 1. The lowest BCUT2D eigenvalue weighted by Gasteiger charge is -2.10. The Morgan fingerprint density at radius 2 is 1.83 bits per heavy atom. The molecule has 0 aliphatic heterocycles. The zero-order chi connectivity index (χ0) is 16.6. The molecule has 3 rings (SSSR count). The third-order valence-electron chi connectivity index (χ3n) is 4.17. The number of aromatic nitrogens is 1.